The number of hydrogen-bond donors (Lipinski definition) is 1. The maximum absolute atomic E-state index is 12.4. The lowest BCUT2D eigenvalue weighted by molar-refractivity contribution is -0.161. The Labute approximate surface area is 541 Å². The average Bonchev–Trinajstić information content (AvgIpc) is 3.53. The zero-order valence-corrected chi connectivity index (χ0v) is 59.4. The summed E-state index contributed by atoms with van der Waals surface area (Å²) in [5.74, 6) is -0.555. The van der Waals surface area contributed by atoms with Gasteiger partial charge in [0.05, 0.1) is 6.61 Å². The molecule has 0 radical (unpaired) electrons. The van der Waals surface area contributed by atoms with E-state index in [9.17, 15) is 14.7 Å². The lowest BCUT2D eigenvalue weighted by atomic mass is 10.0. The summed E-state index contributed by atoms with van der Waals surface area (Å²) in [6.07, 6.45) is 101. The first kappa shape index (κ1) is 84.9. The van der Waals surface area contributed by atoms with Gasteiger partial charge in [-0.25, -0.2) is 0 Å². The molecule has 0 amide bonds. The molecule has 0 heterocycles. The molecule has 0 aliphatic heterocycles. The normalized spacial score (nSPS) is 12.0. The third-order valence-corrected chi connectivity index (χ3v) is 19.4. The van der Waals surface area contributed by atoms with Gasteiger partial charge < -0.3 is 14.6 Å². The molecule has 0 bridgehead atoms. The van der Waals surface area contributed by atoms with Crippen molar-refractivity contribution in [1.82, 2.24) is 0 Å². The van der Waals surface area contributed by atoms with E-state index in [-0.39, 0.29) is 25.2 Å². The van der Waals surface area contributed by atoms with Gasteiger partial charge in [-0.05, 0) is 12.8 Å². The van der Waals surface area contributed by atoms with Gasteiger partial charge in [0.1, 0.15) is 6.61 Å². The quantitative estimate of drug-likeness (QED) is 0.0485. The number of ether oxygens (including phenoxy) is 2. The second kappa shape index (κ2) is 78.1. The minimum atomic E-state index is -0.766. The molecule has 0 spiro atoms. The summed E-state index contributed by atoms with van der Waals surface area (Å²) in [4.78, 5) is 24.7. The van der Waals surface area contributed by atoms with E-state index in [4.69, 9.17) is 9.47 Å². The van der Waals surface area contributed by atoms with Crippen molar-refractivity contribution < 1.29 is 24.2 Å². The molecule has 0 saturated heterocycles. The Morgan fingerprint density at radius 1 is 0.221 bits per heavy atom. The highest BCUT2D eigenvalue weighted by Gasteiger charge is 2.16. The second-order valence-corrected chi connectivity index (χ2v) is 28.2. The molecule has 86 heavy (non-hydrogen) atoms. The highest BCUT2D eigenvalue weighted by molar-refractivity contribution is 5.70. The first-order chi connectivity index (χ1) is 42.6. The maximum atomic E-state index is 12.4. The van der Waals surface area contributed by atoms with Crippen LogP contribution in [0.1, 0.15) is 489 Å². The van der Waals surface area contributed by atoms with E-state index in [1.807, 2.05) is 0 Å². The van der Waals surface area contributed by atoms with E-state index in [1.54, 1.807) is 0 Å². The van der Waals surface area contributed by atoms with Crippen LogP contribution >= 0.6 is 0 Å². The first-order valence-electron chi connectivity index (χ1n) is 40.6. The van der Waals surface area contributed by atoms with E-state index >= 15 is 0 Å². The molecule has 0 aromatic heterocycles. The molecule has 1 N–H and O–H groups in total. The summed E-state index contributed by atoms with van der Waals surface area (Å²) in [7, 11) is 0. The predicted octanol–water partition coefficient (Wildman–Crippen LogP) is 28.3. The van der Waals surface area contributed by atoms with Crippen LogP contribution in [0.5, 0.6) is 0 Å². The Kier molecular flexibility index (Phi) is 77.1. The lowest BCUT2D eigenvalue weighted by Crippen LogP contribution is -2.28. The van der Waals surface area contributed by atoms with Gasteiger partial charge >= 0.3 is 11.9 Å². The summed E-state index contributed by atoms with van der Waals surface area (Å²) >= 11 is 0. The van der Waals surface area contributed by atoms with Gasteiger partial charge in [-0.15, -0.1) is 0 Å². The van der Waals surface area contributed by atoms with Crippen LogP contribution < -0.4 is 0 Å². The molecule has 0 fully saturated rings. The van der Waals surface area contributed by atoms with E-state index in [0.29, 0.717) is 12.8 Å². The van der Waals surface area contributed by atoms with E-state index in [2.05, 4.69) is 13.8 Å². The Balaban J connectivity index is 3.32. The summed E-state index contributed by atoms with van der Waals surface area (Å²) in [6.45, 7) is 4.24. The van der Waals surface area contributed by atoms with Gasteiger partial charge in [0.15, 0.2) is 6.10 Å². The Bertz CT molecular complexity index is 1240. The van der Waals surface area contributed by atoms with Gasteiger partial charge in [0.25, 0.3) is 0 Å². The van der Waals surface area contributed by atoms with E-state index in [1.165, 1.54) is 430 Å². The Morgan fingerprint density at radius 3 is 0.512 bits per heavy atom. The third kappa shape index (κ3) is 75.4. The van der Waals surface area contributed by atoms with Gasteiger partial charge in [-0.3, -0.25) is 9.59 Å². The number of aliphatic hydroxyl groups is 1. The Hall–Kier alpha value is -1.10. The molecular weight excluding hydrogens is 1050 g/mol. The number of carbonyl (C=O) groups excluding carboxylic acids is 2. The number of hydrogen-bond acceptors (Lipinski definition) is 5. The fourth-order valence-electron chi connectivity index (χ4n) is 13.3. The van der Waals surface area contributed by atoms with Crippen molar-refractivity contribution in [1.29, 1.82) is 0 Å². The fourth-order valence-corrected chi connectivity index (χ4v) is 13.3. The van der Waals surface area contributed by atoms with Crippen molar-refractivity contribution >= 4 is 11.9 Å². The minimum absolute atomic E-state index is 0.0551. The standard InChI is InChI=1S/C81H160O5/c1-3-5-7-9-11-13-15-17-19-21-23-25-27-29-31-33-35-37-39-41-43-45-47-49-51-53-55-57-59-61-63-65-67-69-71-73-75-80(83)85-78-79(77-82)86-81(84)76-74-72-70-68-66-64-62-60-58-56-54-52-50-48-46-44-42-40-38-36-34-32-30-28-26-24-22-20-18-16-14-12-10-8-6-4-2/h79,82H,3-78H2,1-2H3. The molecule has 5 heteroatoms. The van der Waals surface area contributed by atoms with Crippen molar-refractivity contribution in [2.24, 2.45) is 0 Å². The molecule has 0 rings (SSSR count). The zero-order chi connectivity index (χ0) is 61.9. The average molecular weight is 1210 g/mol. The first-order valence-corrected chi connectivity index (χ1v) is 40.6. The van der Waals surface area contributed by atoms with Crippen LogP contribution in [-0.4, -0.2) is 36.4 Å². The van der Waals surface area contributed by atoms with Crippen molar-refractivity contribution in [3.8, 4) is 0 Å². The molecule has 1 atom stereocenters. The van der Waals surface area contributed by atoms with Crippen LogP contribution in [-0.2, 0) is 19.1 Å². The van der Waals surface area contributed by atoms with Gasteiger partial charge in [0.2, 0.25) is 0 Å². The van der Waals surface area contributed by atoms with Gasteiger partial charge in [-0.2, -0.15) is 0 Å². The summed E-state index contributed by atoms with van der Waals surface area (Å²) in [5.41, 5.74) is 0. The molecular formula is C81H160O5. The Morgan fingerprint density at radius 2 is 0.360 bits per heavy atom. The lowest BCUT2D eigenvalue weighted by Gasteiger charge is -2.15. The maximum Gasteiger partial charge on any atom is 0.306 e. The SMILES string of the molecule is CCCCCCCCCCCCCCCCCCCCCCCCCCCCCCCCCCCCCCC(=O)OCC(CO)OC(=O)CCCCCCCCCCCCCCCCCCCCCCCCCCCCCCCCCCCCCC. The van der Waals surface area contributed by atoms with Gasteiger partial charge in [-0.1, -0.05) is 463 Å². The zero-order valence-electron chi connectivity index (χ0n) is 59.4. The molecule has 1 unspecified atom stereocenters. The number of unbranched alkanes of at least 4 members (excludes halogenated alkanes) is 70. The van der Waals surface area contributed by atoms with Crippen molar-refractivity contribution in [3.05, 3.63) is 0 Å². The number of aliphatic hydroxyl groups excluding tert-OH is 1. The highest BCUT2D eigenvalue weighted by atomic mass is 16.6. The van der Waals surface area contributed by atoms with Gasteiger partial charge in [0, 0.05) is 12.8 Å². The number of rotatable bonds is 78. The van der Waals surface area contributed by atoms with E-state index < -0.39 is 6.10 Å². The topological polar surface area (TPSA) is 72.8 Å². The van der Waals surface area contributed by atoms with Crippen LogP contribution in [0.2, 0.25) is 0 Å². The highest BCUT2D eigenvalue weighted by Crippen LogP contribution is 2.21. The van der Waals surface area contributed by atoms with Crippen molar-refractivity contribution in [2.45, 2.75) is 495 Å². The molecule has 0 aromatic rings. The summed E-state index contributed by atoms with van der Waals surface area (Å²) in [6, 6.07) is 0. The molecule has 514 valence electrons. The molecule has 5 nitrogen and oxygen atoms in total. The number of carbonyl (C=O) groups is 2. The monoisotopic (exact) mass is 1210 g/mol. The molecule has 0 saturated carbocycles. The molecule has 0 aliphatic carbocycles. The van der Waals surface area contributed by atoms with E-state index in [0.717, 1.165) is 32.1 Å². The minimum Gasteiger partial charge on any atom is -0.462 e. The van der Waals surface area contributed by atoms with Crippen molar-refractivity contribution in [2.75, 3.05) is 13.2 Å². The van der Waals surface area contributed by atoms with Crippen LogP contribution in [0.15, 0.2) is 0 Å². The van der Waals surface area contributed by atoms with Crippen molar-refractivity contribution in [3.63, 3.8) is 0 Å². The predicted molar refractivity (Wildman–Crippen MR) is 381 cm³/mol. The summed E-state index contributed by atoms with van der Waals surface area (Å²) in [5, 5.41) is 9.73. The van der Waals surface area contributed by atoms with Crippen LogP contribution in [0.25, 0.3) is 0 Å². The number of esters is 2. The molecule has 0 aliphatic rings. The van der Waals surface area contributed by atoms with Crippen LogP contribution in [0, 0.1) is 0 Å². The smallest absolute Gasteiger partial charge is 0.306 e. The molecule has 0 aromatic carbocycles. The summed E-state index contributed by atoms with van der Waals surface area (Å²) < 4.78 is 10.8. The fraction of sp³-hybridized carbons (Fsp3) is 0.975. The largest absolute Gasteiger partial charge is 0.462 e. The second-order valence-electron chi connectivity index (χ2n) is 28.2. The van der Waals surface area contributed by atoms with Crippen LogP contribution in [0.3, 0.4) is 0 Å². The van der Waals surface area contributed by atoms with Crippen LogP contribution in [0.4, 0.5) is 0 Å². The third-order valence-electron chi connectivity index (χ3n) is 19.4.